The number of anilines is 1. The van der Waals surface area contributed by atoms with Crippen molar-refractivity contribution in [3.8, 4) is 17.2 Å². The molecule has 2 N–H and O–H groups in total. The van der Waals surface area contributed by atoms with Crippen LogP contribution in [0.3, 0.4) is 0 Å². The van der Waals surface area contributed by atoms with Crippen molar-refractivity contribution in [1.29, 1.82) is 0 Å². The maximum atomic E-state index is 12.6. The molecule has 8 nitrogen and oxygen atoms in total. The number of ether oxygens (including phenoxy) is 2. The number of imide groups is 1. The monoisotopic (exact) mass is 437 g/mol. The van der Waals surface area contributed by atoms with E-state index >= 15 is 0 Å². The average molecular weight is 437 g/mol. The molecule has 0 atom stereocenters. The van der Waals surface area contributed by atoms with Crippen LogP contribution in [0.4, 0.5) is 10.5 Å². The van der Waals surface area contributed by atoms with Crippen LogP contribution in [-0.2, 0) is 9.59 Å². The topological polar surface area (TPSA) is 97.0 Å². The van der Waals surface area contributed by atoms with Crippen molar-refractivity contribution < 1.29 is 23.9 Å². The fourth-order valence-electron chi connectivity index (χ4n) is 4.15. The summed E-state index contributed by atoms with van der Waals surface area (Å²) in [7, 11) is 0. The molecular formula is C24H27N3O5. The zero-order chi connectivity index (χ0) is 22.6. The molecule has 4 rings (SSSR count). The van der Waals surface area contributed by atoms with Crippen molar-refractivity contribution in [3.63, 3.8) is 0 Å². The van der Waals surface area contributed by atoms with Crippen LogP contribution in [0.15, 0.2) is 48.5 Å². The van der Waals surface area contributed by atoms with E-state index in [0.717, 1.165) is 18.6 Å². The molecule has 0 aromatic heterocycles. The maximum absolute atomic E-state index is 12.6. The lowest BCUT2D eigenvalue weighted by Gasteiger charge is -2.19. The summed E-state index contributed by atoms with van der Waals surface area (Å²) in [5.41, 5.74) is -0.134. The van der Waals surface area contributed by atoms with Gasteiger partial charge in [0, 0.05) is 18.7 Å². The molecule has 1 saturated carbocycles. The summed E-state index contributed by atoms with van der Waals surface area (Å²) in [5.74, 6) is 1.62. The number of nitrogens with one attached hydrogen (secondary N) is 2. The third-order valence-corrected chi connectivity index (χ3v) is 5.77. The van der Waals surface area contributed by atoms with Crippen LogP contribution in [0.5, 0.6) is 17.2 Å². The lowest BCUT2D eigenvalue weighted by molar-refractivity contribution is -0.131. The molecule has 1 heterocycles. The number of carbonyl (C=O) groups excluding carboxylic acids is 3. The van der Waals surface area contributed by atoms with E-state index in [9.17, 15) is 14.4 Å². The quantitative estimate of drug-likeness (QED) is 0.607. The number of hydrogen-bond donors (Lipinski definition) is 2. The smallest absolute Gasteiger partial charge is 0.325 e. The van der Waals surface area contributed by atoms with Gasteiger partial charge < -0.3 is 20.1 Å². The molecule has 1 saturated heterocycles. The largest absolute Gasteiger partial charge is 0.494 e. The third kappa shape index (κ3) is 4.69. The van der Waals surface area contributed by atoms with E-state index in [4.69, 9.17) is 9.47 Å². The first-order valence-electron chi connectivity index (χ1n) is 10.9. The van der Waals surface area contributed by atoms with Crippen molar-refractivity contribution in [2.24, 2.45) is 0 Å². The van der Waals surface area contributed by atoms with Gasteiger partial charge in [0.05, 0.1) is 6.61 Å². The molecule has 32 heavy (non-hydrogen) atoms. The van der Waals surface area contributed by atoms with Gasteiger partial charge >= 0.3 is 6.03 Å². The van der Waals surface area contributed by atoms with E-state index in [2.05, 4.69) is 10.6 Å². The van der Waals surface area contributed by atoms with Crippen molar-refractivity contribution in [2.45, 2.75) is 44.6 Å². The van der Waals surface area contributed by atoms with Crippen molar-refractivity contribution in [2.75, 3.05) is 18.5 Å². The van der Waals surface area contributed by atoms with Gasteiger partial charge in [0.25, 0.3) is 5.91 Å². The van der Waals surface area contributed by atoms with Gasteiger partial charge in [-0.3, -0.25) is 14.5 Å². The predicted octanol–water partition coefficient (Wildman–Crippen LogP) is 4.07. The molecule has 1 aliphatic heterocycles. The van der Waals surface area contributed by atoms with Crippen LogP contribution in [0.25, 0.3) is 0 Å². The van der Waals surface area contributed by atoms with Crippen LogP contribution in [0, 0.1) is 0 Å². The summed E-state index contributed by atoms with van der Waals surface area (Å²) in [6.45, 7) is 2.60. The molecule has 168 valence electrons. The van der Waals surface area contributed by atoms with Crippen LogP contribution in [0.2, 0.25) is 0 Å². The number of amides is 4. The summed E-state index contributed by atoms with van der Waals surface area (Å²) in [6.07, 6.45) is 3.24. The highest BCUT2D eigenvalue weighted by Crippen LogP contribution is 2.35. The fourth-order valence-corrected chi connectivity index (χ4v) is 4.15. The molecule has 2 aliphatic rings. The highest BCUT2D eigenvalue weighted by Gasteiger charge is 2.52. The predicted molar refractivity (Wildman–Crippen MR) is 119 cm³/mol. The summed E-state index contributed by atoms with van der Waals surface area (Å²) < 4.78 is 11.2. The second-order valence-corrected chi connectivity index (χ2v) is 8.01. The van der Waals surface area contributed by atoms with Crippen molar-refractivity contribution >= 4 is 23.5 Å². The molecule has 2 aromatic carbocycles. The molecule has 0 radical (unpaired) electrons. The summed E-state index contributed by atoms with van der Waals surface area (Å²) in [6, 6.07) is 13.9. The summed E-state index contributed by atoms with van der Waals surface area (Å²) in [4.78, 5) is 38.3. The normalized spacial score (nSPS) is 16.8. The zero-order valence-electron chi connectivity index (χ0n) is 18.1. The number of urea groups is 1. The molecule has 8 heteroatoms. The first kappa shape index (κ1) is 21.7. The third-order valence-electron chi connectivity index (χ3n) is 5.77. The first-order chi connectivity index (χ1) is 15.5. The lowest BCUT2D eigenvalue weighted by Crippen LogP contribution is -2.44. The van der Waals surface area contributed by atoms with E-state index in [0.29, 0.717) is 36.6 Å². The highest BCUT2D eigenvalue weighted by atomic mass is 16.5. The van der Waals surface area contributed by atoms with Crippen LogP contribution < -0.4 is 20.1 Å². The second-order valence-electron chi connectivity index (χ2n) is 8.01. The Kier molecular flexibility index (Phi) is 6.30. The number of rotatable bonds is 8. The first-order valence-corrected chi connectivity index (χ1v) is 10.9. The lowest BCUT2D eigenvalue weighted by atomic mass is 9.98. The van der Waals surface area contributed by atoms with E-state index < -0.39 is 11.6 Å². The van der Waals surface area contributed by atoms with Crippen molar-refractivity contribution in [3.05, 3.63) is 48.5 Å². The Morgan fingerprint density at radius 1 is 1.00 bits per heavy atom. The maximum Gasteiger partial charge on any atom is 0.325 e. The van der Waals surface area contributed by atoms with Gasteiger partial charge in [-0.1, -0.05) is 12.8 Å². The van der Waals surface area contributed by atoms with Gasteiger partial charge in [0.1, 0.15) is 22.8 Å². The van der Waals surface area contributed by atoms with E-state index in [1.165, 1.54) is 4.90 Å². The minimum absolute atomic E-state index is 0.0413. The Morgan fingerprint density at radius 3 is 2.22 bits per heavy atom. The van der Waals surface area contributed by atoms with Crippen LogP contribution >= 0.6 is 0 Å². The second kappa shape index (κ2) is 9.30. The molecule has 2 aromatic rings. The molecule has 0 bridgehead atoms. The number of hydrogen-bond acceptors (Lipinski definition) is 5. The molecule has 1 aliphatic carbocycles. The molecule has 1 spiro atoms. The standard InChI is InChI=1S/C24H27N3O5/c1-2-31-18-9-11-20(12-10-18)32-19-7-5-17(6-8-19)25-21(28)13-16-27-22(29)24(26-23(27)30)14-3-4-15-24/h5-12H,2-4,13-16H2,1H3,(H,25,28)(H,26,30). The molecular weight excluding hydrogens is 410 g/mol. The Morgan fingerprint density at radius 2 is 1.59 bits per heavy atom. The SMILES string of the molecule is CCOc1ccc(Oc2ccc(NC(=O)CCN3C(=O)NC4(CCCC4)C3=O)cc2)cc1. The Labute approximate surface area is 186 Å². The van der Waals surface area contributed by atoms with Gasteiger partial charge in [0.2, 0.25) is 5.91 Å². The zero-order valence-corrected chi connectivity index (χ0v) is 18.1. The van der Waals surface area contributed by atoms with Crippen LogP contribution in [-0.4, -0.2) is 41.4 Å². The van der Waals surface area contributed by atoms with Gasteiger partial charge in [0.15, 0.2) is 0 Å². The number of carbonyl (C=O) groups is 3. The van der Waals surface area contributed by atoms with Gasteiger partial charge in [-0.2, -0.15) is 0 Å². The Hall–Kier alpha value is -3.55. The molecule has 0 unspecified atom stereocenters. The number of benzene rings is 2. The molecule has 4 amide bonds. The van der Waals surface area contributed by atoms with E-state index in [1.54, 1.807) is 24.3 Å². The van der Waals surface area contributed by atoms with Gasteiger partial charge in [-0.15, -0.1) is 0 Å². The fraction of sp³-hybridized carbons (Fsp3) is 0.375. The van der Waals surface area contributed by atoms with E-state index in [-0.39, 0.29) is 24.8 Å². The Bertz CT molecular complexity index is 982. The molecule has 2 fully saturated rings. The average Bonchev–Trinajstić information content (AvgIpc) is 3.34. The van der Waals surface area contributed by atoms with Crippen LogP contribution in [0.1, 0.15) is 39.0 Å². The van der Waals surface area contributed by atoms with Gasteiger partial charge in [-0.05, 0) is 68.3 Å². The van der Waals surface area contributed by atoms with Crippen molar-refractivity contribution in [1.82, 2.24) is 10.2 Å². The minimum Gasteiger partial charge on any atom is -0.494 e. The summed E-state index contributed by atoms with van der Waals surface area (Å²) in [5, 5.41) is 5.61. The van der Waals surface area contributed by atoms with E-state index in [1.807, 2.05) is 31.2 Å². The Balaban J connectivity index is 1.26. The highest BCUT2D eigenvalue weighted by molar-refractivity contribution is 6.07. The number of nitrogens with zero attached hydrogens (tertiary/aromatic N) is 1. The minimum atomic E-state index is -0.743. The van der Waals surface area contributed by atoms with Gasteiger partial charge in [-0.25, -0.2) is 4.79 Å². The summed E-state index contributed by atoms with van der Waals surface area (Å²) >= 11 is 0.